The summed E-state index contributed by atoms with van der Waals surface area (Å²) in [4.78, 5) is 10.4. The zero-order valence-electron chi connectivity index (χ0n) is 6.43. The summed E-state index contributed by atoms with van der Waals surface area (Å²) in [5.41, 5.74) is 5.33. The molecule has 1 heterocycles. The summed E-state index contributed by atoms with van der Waals surface area (Å²) in [6, 6.07) is -0.998. The lowest BCUT2D eigenvalue weighted by molar-refractivity contribution is -0.139. The van der Waals surface area contributed by atoms with E-state index in [2.05, 4.69) is 20.6 Å². The van der Waals surface area contributed by atoms with Gasteiger partial charge in [0, 0.05) is 5.92 Å². The third kappa shape index (κ3) is 1.56. The van der Waals surface area contributed by atoms with Gasteiger partial charge >= 0.3 is 5.97 Å². The van der Waals surface area contributed by atoms with Crippen LogP contribution in [0.4, 0.5) is 0 Å². The number of nitrogens with one attached hydrogen (secondary N) is 1. The van der Waals surface area contributed by atoms with E-state index in [0.29, 0.717) is 5.82 Å². The maximum atomic E-state index is 10.4. The first-order valence-electron chi connectivity index (χ1n) is 3.34. The summed E-state index contributed by atoms with van der Waals surface area (Å²) in [7, 11) is 0. The second-order valence-corrected chi connectivity index (χ2v) is 2.42. The SMILES string of the molecule is CC(c1nn[nH]n1)C(N)C(=O)O. The quantitative estimate of drug-likeness (QED) is 0.521. The van der Waals surface area contributed by atoms with Crippen LogP contribution in [0.1, 0.15) is 18.7 Å². The Bertz CT molecular complexity index is 259. The van der Waals surface area contributed by atoms with E-state index in [1.54, 1.807) is 6.92 Å². The molecule has 7 heteroatoms. The van der Waals surface area contributed by atoms with Gasteiger partial charge in [-0.3, -0.25) is 4.79 Å². The van der Waals surface area contributed by atoms with E-state index in [4.69, 9.17) is 10.8 Å². The summed E-state index contributed by atoms with van der Waals surface area (Å²) in [5.74, 6) is -1.21. The van der Waals surface area contributed by atoms with Gasteiger partial charge in [0.15, 0.2) is 5.82 Å². The first-order valence-corrected chi connectivity index (χ1v) is 3.34. The van der Waals surface area contributed by atoms with Gasteiger partial charge in [0.2, 0.25) is 0 Å². The zero-order valence-corrected chi connectivity index (χ0v) is 6.43. The molecule has 12 heavy (non-hydrogen) atoms. The molecule has 0 aliphatic heterocycles. The van der Waals surface area contributed by atoms with Gasteiger partial charge in [0.05, 0.1) is 0 Å². The van der Waals surface area contributed by atoms with E-state index in [9.17, 15) is 4.79 Å². The highest BCUT2D eigenvalue weighted by molar-refractivity contribution is 5.74. The molecule has 0 saturated carbocycles. The Labute approximate surface area is 68.0 Å². The third-order valence-electron chi connectivity index (χ3n) is 1.59. The van der Waals surface area contributed by atoms with Crippen LogP contribution in [-0.2, 0) is 4.79 Å². The summed E-state index contributed by atoms with van der Waals surface area (Å²) in [6.07, 6.45) is 0. The van der Waals surface area contributed by atoms with Crippen molar-refractivity contribution in [3.63, 3.8) is 0 Å². The first-order chi connectivity index (χ1) is 5.63. The molecule has 1 rings (SSSR count). The van der Waals surface area contributed by atoms with Crippen molar-refractivity contribution in [3.05, 3.63) is 5.82 Å². The van der Waals surface area contributed by atoms with Crippen LogP contribution in [0.5, 0.6) is 0 Å². The molecule has 7 nitrogen and oxygen atoms in total. The normalized spacial score (nSPS) is 15.5. The van der Waals surface area contributed by atoms with Crippen LogP contribution in [0.2, 0.25) is 0 Å². The van der Waals surface area contributed by atoms with E-state index in [0.717, 1.165) is 0 Å². The number of aromatic amines is 1. The predicted octanol–water partition coefficient (Wildman–Crippen LogP) is -1.28. The molecular weight excluding hydrogens is 162 g/mol. The lowest BCUT2D eigenvalue weighted by Crippen LogP contribution is -2.35. The van der Waals surface area contributed by atoms with Crippen molar-refractivity contribution in [2.24, 2.45) is 5.73 Å². The number of carboxylic acid groups (broad SMARTS) is 1. The molecule has 0 aliphatic carbocycles. The summed E-state index contributed by atoms with van der Waals surface area (Å²) < 4.78 is 0. The van der Waals surface area contributed by atoms with Gasteiger partial charge in [-0.1, -0.05) is 12.1 Å². The average molecular weight is 171 g/mol. The minimum atomic E-state index is -1.08. The highest BCUT2D eigenvalue weighted by atomic mass is 16.4. The van der Waals surface area contributed by atoms with E-state index < -0.39 is 17.9 Å². The number of nitrogens with two attached hydrogens (primary N) is 1. The van der Waals surface area contributed by atoms with Crippen molar-refractivity contribution in [2.75, 3.05) is 0 Å². The number of aromatic nitrogens is 4. The molecule has 0 radical (unpaired) electrons. The minimum Gasteiger partial charge on any atom is -0.480 e. The van der Waals surface area contributed by atoms with Crippen molar-refractivity contribution < 1.29 is 9.90 Å². The van der Waals surface area contributed by atoms with E-state index in [1.165, 1.54) is 0 Å². The molecule has 0 aliphatic rings. The number of nitrogens with zero attached hydrogens (tertiary/aromatic N) is 3. The smallest absolute Gasteiger partial charge is 0.321 e. The zero-order chi connectivity index (χ0) is 9.14. The van der Waals surface area contributed by atoms with Crippen LogP contribution in [0.3, 0.4) is 0 Å². The fraction of sp³-hybridized carbons (Fsp3) is 0.600. The minimum absolute atomic E-state index is 0.310. The van der Waals surface area contributed by atoms with Gasteiger partial charge in [0.1, 0.15) is 6.04 Å². The van der Waals surface area contributed by atoms with E-state index in [-0.39, 0.29) is 0 Å². The third-order valence-corrected chi connectivity index (χ3v) is 1.59. The van der Waals surface area contributed by atoms with Crippen LogP contribution in [0, 0.1) is 0 Å². The number of carboxylic acids is 1. The summed E-state index contributed by atoms with van der Waals surface area (Å²) >= 11 is 0. The molecule has 0 spiro atoms. The lowest BCUT2D eigenvalue weighted by atomic mass is 10.0. The second-order valence-electron chi connectivity index (χ2n) is 2.42. The van der Waals surface area contributed by atoms with Gasteiger partial charge in [-0.05, 0) is 0 Å². The van der Waals surface area contributed by atoms with Crippen LogP contribution >= 0.6 is 0 Å². The maximum Gasteiger partial charge on any atom is 0.321 e. The Balaban J connectivity index is 2.71. The molecule has 2 atom stereocenters. The average Bonchev–Trinajstić information content (AvgIpc) is 2.53. The number of hydrogen-bond donors (Lipinski definition) is 3. The summed E-state index contributed by atoms with van der Waals surface area (Å²) in [6.45, 7) is 1.63. The highest BCUT2D eigenvalue weighted by Crippen LogP contribution is 2.11. The molecule has 0 bridgehead atoms. The number of hydrogen-bond acceptors (Lipinski definition) is 5. The monoisotopic (exact) mass is 171 g/mol. The predicted molar refractivity (Wildman–Crippen MR) is 38.2 cm³/mol. The molecule has 2 unspecified atom stereocenters. The summed E-state index contributed by atoms with van der Waals surface area (Å²) in [5, 5.41) is 21.3. The molecule has 0 aromatic carbocycles. The molecule has 0 saturated heterocycles. The van der Waals surface area contributed by atoms with E-state index in [1.807, 2.05) is 0 Å². The number of H-pyrrole nitrogens is 1. The maximum absolute atomic E-state index is 10.4. The van der Waals surface area contributed by atoms with Crippen LogP contribution < -0.4 is 5.73 Å². The molecule has 1 aromatic rings. The van der Waals surface area contributed by atoms with Gasteiger partial charge in [-0.15, -0.1) is 10.2 Å². The molecule has 0 amide bonds. The van der Waals surface area contributed by atoms with Gasteiger partial charge in [-0.25, -0.2) is 0 Å². The largest absolute Gasteiger partial charge is 0.480 e. The molecule has 1 aromatic heterocycles. The van der Waals surface area contributed by atoms with Crippen molar-refractivity contribution in [3.8, 4) is 0 Å². The Morgan fingerprint density at radius 1 is 1.75 bits per heavy atom. The Kier molecular flexibility index (Phi) is 2.34. The van der Waals surface area contributed by atoms with Crippen LogP contribution in [0.25, 0.3) is 0 Å². The Morgan fingerprint density at radius 3 is 2.83 bits per heavy atom. The van der Waals surface area contributed by atoms with Gasteiger partial charge in [0.25, 0.3) is 0 Å². The van der Waals surface area contributed by atoms with Crippen molar-refractivity contribution in [2.45, 2.75) is 18.9 Å². The lowest BCUT2D eigenvalue weighted by Gasteiger charge is -2.10. The highest BCUT2D eigenvalue weighted by Gasteiger charge is 2.24. The van der Waals surface area contributed by atoms with E-state index >= 15 is 0 Å². The molecule has 0 fully saturated rings. The number of tetrazole rings is 1. The van der Waals surface area contributed by atoms with Crippen molar-refractivity contribution in [1.82, 2.24) is 20.6 Å². The Morgan fingerprint density at radius 2 is 2.42 bits per heavy atom. The molecule has 66 valence electrons. The topological polar surface area (TPSA) is 118 Å². The second kappa shape index (κ2) is 3.26. The number of carbonyl (C=O) groups is 1. The fourth-order valence-corrected chi connectivity index (χ4v) is 0.737. The van der Waals surface area contributed by atoms with Crippen LogP contribution in [0.15, 0.2) is 0 Å². The van der Waals surface area contributed by atoms with Crippen LogP contribution in [-0.4, -0.2) is 37.7 Å². The number of aliphatic carboxylic acids is 1. The molecule has 4 N–H and O–H groups in total. The standard InChI is InChI=1S/C5H9N5O2/c1-2(3(6)5(11)12)4-7-9-10-8-4/h2-3H,6H2,1H3,(H,11,12)(H,7,8,9,10). The van der Waals surface area contributed by atoms with Crippen molar-refractivity contribution >= 4 is 5.97 Å². The van der Waals surface area contributed by atoms with Gasteiger partial charge < -0.3 is 10.8 Å². The first kappa shape index (κ1) is 8.60. The fourth-order valence-electron chi connectivity index (χ4n) is 0.737. The van der Waals surface area contributed by atoms with Gasteiger partial charge in [-0.2, -0.15) is 5.21 Å². The van der Waals surface area contributed by atoms with Crippen molar-refractivity contribution in [1.29, 1.82) is 0 Å². The number of rotatable bonds is 3. The molecular formula is C5H9N5O2. The Hall–Kier alpha value is -1.50.